The minimum Gasteiger partial charge on any atom is -0.320 e. The van der Waals surface area contributed by atoms with Crippen LogP contribution in [0.4, 0.5) is 14.5 Å². The van der Waals surface area contributed by atoms with Gasteiger partial charge in [-0.05, 0) is 48.9 Å². The lowest BCUT2D eigenvalue weighted by atomic mass is 10.2. The van der Waals surface area contributed by atoms with Crippen LogP contribution in [0.25, 0.3) is 16.6 Å². The smallest absolute Gasteiger partial charge is 0.266 e. The van der Waals surface area contributed by atoms with Crippen LogP contribution in [0, 0.1) is 18.6 Å². The number of aromatic nitrogens is 2. The minimum absolute atomic E-state index is 0.224. The fraction of sp³-hybridized carbons (Fsp3) is 0.0870. The Morgan fingerprint density at radius 2 is 1.75 bits per heavy atom. The summed E-state index contributed by atoms with van der Waals surface area (Å²) < 4.78 is 29.1. The Balaban J connectivity index is 1.72. The maximum Gasteiger partial charge on any atom is 0.266 e. The number of nitrogens with zero attached hydrogens (tertiary/aromatic N) is 2. The molecule has 0 aliphatic heterocycles. The molecule has 9 heteroatoms. The first kappa shape index (κ1) is 22.0. The Morgan fingerprint density at radius 1 is 1.06 bits per heavy atom. The summed E-state index contributed by atoms with van der Waals surface area (Å²) in [6.45, 7) is 1.78. The van der Waals surface area contributed by atoms with Gasteiger partial charge in [0.25, 0.3) is 5.56 Å². The Bertz CT molecular complexity index is 1390. The van der Waals surface area contributed by atoms with Crippen LogP contribution in [0.3, 0.4) is 0 Å². The van der Waals surface area contributed by atoms with Crippen molar-refractivity contribution in [1.29, 1.82) is 0 Å². The number of carbonyl (C=O) groups is 1. The van der Waals surface area contributed by atoms with Crippen LogP contribution < -0.4 is 10.9 Å². The summed E-state index contributed by atoms with van der Waals surface area (Å²) in [5.41, 5.74) is 0.838. The lowest BCUT2D eigenvalue weighted by Gasteiger charge is -2.16. The largest absolute Gasteiger partial charge is 0.320 e. The predicted molar refractivity (Wildman–Crippen MR) is 123 cm³/mol. The first-order valence-electron chi connectivity index (χ1n) is 9.50. The van der Waals surface area contributed by atoms with E-state index in [4.69, 9.17) is 11.6 Å². The summed E-state index contributed by atoms with van der Waals surface area (Å²) in [5.74, 6) is -2.62. The molecular weight excluding hydrogens is 456 g/mol. The number of thioether (sulfide) groups is 1. The quantitative estimate of drug-likeness (QED) is 0.314. The molecule has 0 bridgehead atoms. The summed E-state index contributed by atoms with van der Waals surface area (Å²) in [7, 11) is 0. The lowest BCUT2D eigenvalue weighted by Crippen LogP contribution is -2.23. The van der Waals surface area contributed by atoms with Crippen molar-refractivity contribution >= 4 is 45.9 Å². The number of hydrogen-bond acceptors (Lipinski definition) is 4. The van der Waals surface area contributed by atoms with Gasteiger partial charge < -0.3 is 5.32 Å². The summed E-state index contributed by atoms with van der Waals surface area (Å²) in [6.07, 6.45) is 0. The highest BCUT2D eigenvalue weighted by molar-refractivity contribution is 7.99. The van der Waals surface area contributed by atoms with Gasteiger partial charge in [-0.3, -0.25) is 14.2 Å². The van der Waals surface area contributed by atoms with Crippen molar-refractivity contribution in [2.45, 2.75) is 12.1 Å². The summed E-state index contributed by atoms with van der Waals surface area (Å²) in [4.78, 5) is 30.3. The third kappa shape index (κ3) is 4.24. The molecule has 0 aliphatic carbocycles. The normalized spacial score (nSPS) is 11.0. The fourth-order valence-electron chi connectivity index (χ4n) is 3.18. The van der Waals surface area contributed by atoms with Crippen LogP contribution >= 0.6 is 23.4 Å². The second-order valence-electron chi connectivity index (χ2n) is 6.87. The molecule has 0 unspecified atom stereocenters. The zero-order valence-electron chi connectivity index (χ0n) is 16.7. The Kier molecular flexibility index (Phi) is 6.25. The third-order valence-electron chi connectivity index (χ3n) is 4.78. The summed E-state index contributed by atoms with van der Waals surface area (Å²) in [6, 6.07) is 15.3. The number of fused-ring (bicyclic) bond motifs is 1. The molecule has 0 fully saturated rings. The van der Waals surface area contributed by atoms with E-state index in [2.05, 4.69) is 10.3 Å². The standard InChI is InChI=1S/C23H16ClF2N3O2S/c1-13-15(24)7-4-11-19(13)29-22(31)14-6-2-3-10-18(14)27-23(29)32-12-20(30)28-21-16(25)8-5-9-17(21)26/h2-11H,12H2,1H3,(H,28,30). The summed E-state index contributed by atoms with van der Waals surface area (Å²) in [5, 5.41) is 3.38. The molecule has 3 aromatic carbocycles. The summed E-state index contributed by atoms with van der Waals surface area (Å²) >= 11 is 7.23. The number of nitrogens with one attached hydrogen (secondary N) is 1. The van der Waals surface area contributed by atoms with Gasteiger partial charge in [0.15, 0.2) is 5.16 Å². The van der Waals surface area contributed by atoms with Crippen LogP contribution in [0.15, 0.2) is 70.6 Å². The maximum atomic E-state index is 13.8. The van der Waals surface area contributed by atoms with Crippen LogP contribution in [-0.4, -0.2) is 21.2 Å². The highest BCUT2D eigenvalue weighted by atomic mass is 35.5. The van der Waals surface area contributed by atoms with Crippen molar-refractivity contribution in [3.63, 3.8) is 0 Å². The van der Waals surface area contributed by atoms with Crippen molar-refractivity contribution in [2.75, 3.05) is 11.1 Å². The third-order valence-corrected chi connectivity index (χ3v) is 6.13. The van der Waals surface area contributed by atoms with Gasteiger partial charge in [0.05, 0.1) is 22.3 Å². The predicted octanol–water partition coefficient (Wildman–Crippen LogP) is 5.36. The van der Waals surface area contributed by atoms with Crippen molar-refractivity contribution in [1.82, 2.24) is 9.55 Å². The maximum absolute atomic E-state index is 13.8. The van der Waals surface area contributed by atoms with Crippen LogP contribution in [0.5, 0.6) is 0 Å². The highest BCUT2D eigenvalue weighted by Crippen LogP contribution is 2.27. The molecule has 32 heavy (non-hydrogen) atoms. The minimum atomic E-state index is -0.876. The van der Waals surface area contributed by atoms with Gasteiger partial charge in [-0.2, -0.15) is 0 Å². The average molecular weight is 472 g/mol. The van der Waals surface area contributed by atoms with Crippen molar-refractivity contribution in [2.24, 2.45) is 0 Å². The lowest BCUT2D eigenvalue weighted by molar-refractivity contribution is -0.113. The first-order valence-corrected chi connectivity index (χ1v) is 10.9. The molecule has 1 aromatic heterocycles. The van der Waals surface area contributed by atoms with E-state index in [1.54, 1.807) is 49.4 Å². The van der Waals surface area contributed by atoms with Crippen molar-refractivity contribution in [3.05, 3.63) is 93.2 Å². The zero-order chi connectivity index (χ0) is 22.8. The molecule has 4 rings (SSSR count). The molecule has 0 saturated carbocycles. The van der Waals surface area contributed by atoms with Gasteiger partial charge in [0.2, 0.25) is 5.91 Å². The SMILES string of the molecule is Cc1c(Cl)cccc1-n1c(SCC(=O)Nc2c(F)cccc2F)nc2ccccc2c1=O. The van der Waals surface area contributed by atoms with E-state index in [9.17, 15) is 18.4 Å². The molecule has 4 aromatic rings. The number of amides is 1. The van der Waals surface area contributed by atoms with Crippen molar-refractivity contribution < 1.29 is 13.6 Å². The van der Waals surface area contributed by atoms with Gasteiger partial charge in [-0.25, -0.2) is 13.8 Å². The first-order chi connectivity index (χ1) is 15.4. The molecule has 0 aliphatic rings. The number of benzene rings is 3. The number of anilines is 1. The molecule has 0 atom stereocenters. The zero-order valence-corrected chi connectivity index (χ0v) is 18.3. The average Bonchev–Trinajstić information content (AvgIpc) is 2.77. The van der Waals surface area contributed by atoms with E-state index >= 15 is 0 Å². The van der Waals surface area contributed by atoms with E-state index in [0.29, 0.717) is 27.2 Å². The highest BCUT2D eigenvalue weighted by Gasteiger charge is 2.18. The monoisotopic (exact) mass is 471 g/mol. The molecule has 1 N–H and O–H groups in total. The van der Waals surface area contributed by atoms with E-state index < -0.39 is 23.2 Å². The molecule has 1 amide bonds. The van der Waals surface area contributed by atoms with E-state index in [1.165, 1.54) is 10.6 Å². The molecular formula is C23H16ClF2N3O2S. The number of hydrogen-bond donors (Lipinski definition) is 1. The second-order valence-corrected chi connectivity index (χ2v) is 8.22. The van der Waals surface area contributed by atoms with Crippen LogP contribution in [-0.2, 0) is 4.79 Å². The fourth-order valence-corrected chi connectivity index (χ4v) is 4.16. The van der Waals surface area contributed by atoms with Crippen LogP contribution in [0.2, 0.25) is 5.02 Å². The molecule has 1 heterocycles. The second kappa shape index (κ2) is 9.10. The number of carbonyl (C=O) groups excluding carboxylic acids is 1. The Morgan fingerprint density at radius 3 is 2.50 bits per heavy atom. The van der Waals surface area contributed by atoms with Gasteiger partial charge in [-0.1, -0.05) is 47.6 Å². The van der Waals surface area contributed by atoms with E-state index in [0.717, 1.165) is 23.9 Å². The number of para-hydroxylation sites is 2. The van der Waals surface area contributed by atoms with Crippen LogP contribution in [0.1, 0.15) is 5.56 Å². The molecule has 0 saturated heterocycles. The molecule has 0 radical (unpaired) electrons. The van der Waals surface area contributed by atoms with Crippen molar-refractivity contribution in [3.8, 4) is 5.69 Å². The van der Waals surface area contributed by atoms with E-state index in [-0.39, 0.29) is 16.5 Å². The van der Waals surface area contributed by atoms with E-state index in [1.807, 2.05) is 0 Å². The van der Waals surface area contributed by atoms with Gasteiger partial charge in [0.1, 0.15) is 17.3 Å². The van der Waals surface area contributed by atoms with Gasteiger partial charge in [-0.15, -0.1) is 0 Å². The van der Waals surface area contributed by atoms with Gasteiger partial charge in [0, 0.05) is 5.02 Å². The molecule has 0 spiro atoms. The molecule has 162 valence electrons. The van der Waals surface area contributed by atoms with Gasteiger partial charge >= 0.3 is 0 Å². The molecule has 5 nitrogen and oxygen atoms in total. The number of halogens is 3. The number of rotatable bonds is 5. The Hall–Kier alpha value is -3.23. The Labute approximate surface area is 191 Å². The topological polar surface area (TPSA) is 64.0 Å².